The number of hydrogen-bond acceptors (Lipinski definition) is 6. The number of thiazole rings is 1. The van der Waals surface area contributed by atoms with Gasteiger partial charge in [-0.3, -0.25) is 10.1 Å². The molecule has 4 rings (SSSR count). The molecule has 1 atom stereocenters. The van der Waals surface area contributed by atoms with E-state index in [0.717, 1.165) is 16.6 Å². The van der Waals surface area contributed by atoms with Gasteiger partial charge in [0.2, 0.25) is 5.76 Å². The van der Waals surface area contributed by atoms with Crippen LogP contribution in [0.25, 0.3) is 22.2 Å². The molecule has 2 aromatic heterocycles. The number of ether oxygens (including phenoxy) is 1. The number of nitrogens with zero attached hydrogens (tertiary/aromatic N) is 1. The number of anilines is 1. The maximum Gasteiger partial charge on any atom is 0.375 e. The number of carbonyl (C=O) groups excluding carboxylic acids is 2. The van der Waals surface area contributed by atoms with E-state index in [4.69, 9.17) is 9.15 Å². The molecular formula is C21H16N2O4S. The average Bonchev–Trinajstić information content (AvgIpc) is 3.35. The minimum absolute atomic E-state index is 0.0569. The fraction of sp³-hybridized carbons (Fsp3) is 0.0952. The second-order valence-corrected chi connectivity index (χ2v) is 6.95. The van der Waals surface area contributed by atoms with Crippen molar-refractivity contribution in [3.05, 3.63) is 71.8 Å². The Balaban J connectivity index is 1.39. The number of carbonyl (C=O) groups is 2. The van der Waals surface area contributed by atoms with Gasteiger partial charge in [0.15, 0.2) is 11.2 Å². The van der Waals surface area contributed by atoms with Crippen molar-refractivity contribution in [1.29, 1.82) is 0 Å². The van der Waals surface area contributed by atoms with Gasteiger partial charge in [0, 0.05) is 16.3 Å². The molecule has 0 saturated heterocycles. The van der Waals surface area contributed by atoms with E-state index < -0.39 is 18.0 Å². The maximum atomic E-state index is 12.3. The highest BCUT2D eigenvalue weighted by Gasteiger charge is 2.22. The minimum Gasteiger partial charge on any atom is -0.449 e. The van der Waals surface area contributed by atoms with Gasteiger partial charge in [0.05, 0.1) is 5.69 Å². The van der Waals surface area contributed by atoms with E-state index >= 15 is 0 Å². The Hall–Kier alpha value is -3.45. The molecular weight excluding hydrogens is 376 g/mol. The van der Waals surface area contributed by atoms with E-state index in [-0.39, 0.29) is 5.76 Å². The number of aromatic nitrogens is 1. The summed E-state index contributed by atoms with van der Waals surface area (Å²) in [5.41, 5.74) is 2.32. The summed E-state index contributed by atoms with van der Waals surface area (Å²) in [4.78, 5) is 29.0. The van der Waals surface area contributed by atoms with Crippen molar-refractivity contribution in [3.63, 3.8) is 0 Å². The monoisotopic (exact) mass is 392 g/mol. The smallest absolute Gasteiger partial charge is 0.375 e. The molecule has 7 heteroatoms. The van der Waals surface area contributed by atoms with Crippen LogP contribution in [0.2, 0.25) is 0 Å². The molecule has 0 aliphatic carbocycles. The van der Waals surface area contributed by atoms with Crippen molar-refractivity contribution < 1.29 is 18.7 Å². The van der Waals surface area contributed by atoms with Gasteiger partial charge in [-0.25, -0.2) is 9.78 Å². The van der Waals surface area contributed by atoms with E-state index in [1.165, 1.54) is 18.3 Å². The van der Waals surface area contributed by atoms with Crippen LogP contribution in [-0.2, 0) is 9.53 Å². The summed E-state index contributed by atoms with van der Waals surface area (Å²) < 4.78 is 10.7. The summed E-state index contributed by atoms with van der Waals surface area (Å²) in [7, 11) is 0. The van der Waals surface area contributed by atoms with Gasteiger partial charge in [-0.05, 0) is 19.1 Å². The molecule has 6 nitrogen and oxygen atoms in total. The van der Waals surface area contributed by atoms with E-state index in [1.54, 1.807) is 12.1 Å². The first-order chi connectivity index (χ1) is 13.6. The van der Waals surface area contributed by atoms with Crippen LogP contribution in [0.5, 0.6) is 0 Å². The van der Waals surface area contributed by atoms with Crippen LogP contribution in [0.3, 0.4) is 0 Å². The zero-order valence-corrected chi connectivity index (χ0v) is 15.7. The second kappa shape index (κ2) is 7.66. The third-order valence-corrected chi connectivity index (χ3v) is 4.84. The third-order valence-electron chi connectivity index (χ3n) is 4.08. The number of hydrogen-bond donors (Lipinski definition) is 1. The molecule has 0 fully saturated rings. The maximum absolute atomic E-state index is 12.3. The lowest BCUT2D eigenvalue weighted by Gasteiger charge is -2.11. The molecule has 0 aliphatic rings. The number of rotatable bonds is 5. The summed E-state index contributed by atoms with van der Waals surface area (Å²) in [6, 6.07) is 18.5. The molecule has 0 bridgehead atoms. The Bertz CT molecular complexity index is 1100. The number of benzene rings is 2. The quantitative estimate of drug-likeness (QED) is 0.496. The average molecular weight is 392 g/mol. The highest BCUT2D eigenvalue weighted by Crippen LogP contribution is 2.25. The Morgan fingerprint density at radius 1 is 1.11 bits per heavy atom. The highest BCUT2D eigenvalue weighted by atomic mass is 32.1. The van der Waals surface area contributed by atoms with Crippen LogP contribution >= 0.6 is 11.3 Å². The Morgan fingerprint density at radius 3 is 2.64 bits per heavy atom. The minimum atomic E-state index is -0.996. The second-order valence-electron chi connectivity index (χ2n) is 6.09. The van der Waals surface area contributed by atoms with Gasteiger partial charge in [0.25, 0.3) is 5.91 Å². The van der Waals surface area contributed by atoms with Crippen molar-refractivity contribution in [1.82, 2.24) is 4.98 Å². The third kappa shape index (κ3) is 3.79. The number of fused-ring (bicyclic) bond motifs is 1. The number of esters is 1. The molecule has 140 valence electrons. The van der Waals surface area contributed by atoms with E-state index in [0.29, 0.717) is 10.7 Å². The van der Waals surface area contributed by atoms with Crippen LogP contribution in [0.15, 0.2) is 70.5 Å². The molecule has 1 amide bonds. The van der Waals surface area contributed by atoms with Gasteiger partial charge < -0.3 is 9.15 Å². The predicted molar refractivity (Wildman–Crippen MR) is 107 cm³/mol. The molecule has 2 aromatic carbocycles. The van der Waals surface area contributed by atoms with Crippen LogP contribution < -0.4 is 5.32 Å². The van der Waals surface area contributed by atoms with Gasteiger partial charge in [-0.15, -0.1) is 11.3 Å². The Labute approximate surface area is 164 Å². The van der Waals surface area contributed by atoms with Crippen molar-refractivity contribution in [3.8, 4) is 11.3 Å². The molecule has 0 spiro atoms. The molecule has 0 unspecified atom stereocenters. The SMILES string of the molecule is C[C@H](OC(=O)c1cc2ccccc2o1)C(=O)Nc1nc(-c2ccccc2)cs1. The molecule has 28 heavy (non-hydrogen) atoms. The highest BCUT2D eigenvalue weighted by molar-refractivity contribution is 7.14. The van der Waals surface area contributed by atoms with Crippen molar-refractivity contribution in [2.24, 2.45) is 0 Å². The number of para-hydroxylation sites is 1. The summed E-state index contributed by atoms with van der Waals surface area (Å²) in [5.74, 6) is -1.09. The van der Waals surface area contributed by atoms with Crippen molar-refractivity contribution >= 4 is 39.3 Å². The largest absolute Gasteiger partial charge is 0.449 e. The molecule has 0 radical (unpaired) electrons. The zero-order chi connectivity index (χ0) is 19.5. The summed E-state index contributed by atoms with van der Waals surface area (Å²) in [6.45, 7) is 1.50. The topological polar surface area (TPSA) is 81.4 Å². The fourth-order valence-corrected chi connectivity index (χ4v) is 3.36. The molecule has 0 aliphatic heterocycles. The van der Waals surface area contributed by atoms with Crippen LogP contribution in [0, 0.1) is 0 Å². The lowest BCUT2D eigenvalue weighted by Crippen LogP contribution is -2.29. The van der Waals surface area contributed by atoms with E-state index in [1.807, 2.05) is 53.9 Å². The summed E-state index contributed by atoms with van der Waals surface area (Å²) in [6.07, 6.45) is -0.996. The normalized spacial score (nSPS) is 11.9. The zero-order valence-electron chi connectivity index (χ0n) is 14.9. The number of furan rings is 1. The van der Waals surface area contributed by atoms with Gasteiger partial charge >= 0.3 is 5.97 Å². The van der Waals surface area contributed by atoms with Crippen LogP contribution in [0.1, 0.15) is 17.5 Å². The van der Waals surface area contributed by atoms with Gasteiger partial charge in [0.1, 0.15) is 5.58 Å². The summed E-state index contributed by atoms with van der Waals surface area (Å²) in [5, 5.41) is 5.77. The molecule has 4 aromatic rings. The van der Waals surface area contributed by atoms with E-state index in [2.05, 4.69) is 10.3 Å². The van der Waals surface area contributed by atoms with Crippen LogP contribution in [-0.4, -0.2) is 23.0 Å². The first-order valence-corrected chi connectivity index (χ1v) is 9.49. The summed E-state index contributed by atoms with van der Waals surface area (Å²) >= 11 is 1.31. The first-order valence-electron chi connectivity index (χ1n) is 8.61. The number of nitrogens with one attached hydrogen (secondary N) is 1. The Morgan fingerprint density at radius 2 is 1.86 bits per heavy atom. The fourth-order valence-electron chi connectivity index (χ4n) is 2.63. The molecule has 1 N–H and O–H groups in total. The van der Waals surface area contributed by atoms with Crippen LogP contribution in [0.4, 0.5) is 5.13 Å². The van der Waals surface area contributed by atoms with E-state index in [9.17, 15) is 9.59 Å². The Kier molecular flexibility index (Phi) is 4.90. The van der Waals surface area contributed by atoms with Crippen molar-refractivity contribution in [2.75, 3.05) is 5.32 Å². The van der Waals surface area contributed by atoms with Gasteiger partial charge in [-0.1, -0.05) is 48.5 Å². The van der Waals surface area contributed by atoms with Crippen molar-refractivity contribution in [2.45, 2.75) is 13.0 Å². The number of amides is 1. The first kappa shape index (κ1) is 17.9. The standard InChI is InChI=1S/C21H16N2O4S/c1-13(26-20(25)18-11-15-9-5-6-10-17(15)27-18)19(24)23-21-22-16(12-28-21)14-7-3-2-4-8-14/h2-13H,1H3,(H,22,23,24)/t13-/m0/s1. The lowest BCUT2D eigenvalue weighted by molar-refractivity contribution is -0.123. The molecule has 0 saturated carbocycles. The van der Waals surface area contributed by atoms with Gasteiger partial charge in [-0.2, -0.15) is 0 Å². The predicted octanol–water partition coefficient (Wildman–Crippen LogP) is 4.74. The lowest BCUT2D eigenvalue weighted by atomic mass is 10.2. The molecule has 2 heterocycles.